The lowest BCUT2D eigenvalue weighted by atomic mass is 10.3. The maximum Gasteiger partial charge on any atom is 0.163 e. The van der Waals surface area contributed by atoms with Crippen LogP contribution in [0.5, 0.6) is 0 Å². The first kappa shape index (κ1) is 10.8. The number of anilines is 1. The molecule has 0 saturated heterocycles. The molecule has 0 aliphatic heterocycles. The van der Waals surface area contributed by atoms with E-state index >= 15 is 0 Å². The minimum absolute atomic E-state index is 0.686. The van der Waals surface area contributed by atoms with E-state index < -0.39 is 0 Å². The summed E-state index contributed by atoms with van der Waals surface area (Å²) in [6, 6.07) is 0. The molecule has 86 valence electrons. The summed E-state index contributed by atoms with van der Waals surface area (Å²) in [5, 5.41) is 5.16. The van der Waals surface area contributed by atoms with Crippen LogP contribution in [0.15, 0.2) is 12.5 Å². The van der Waals surface area contributed by atoms with Crippen molar-refractivity contribution in [3.05, 3.63) is 12.5 Å². The fourth-order valence-corrected chi connectivity index (χ4v) is 1.69. The first-order valence-electron chi connectivity index (χ1n) is 5.28. The Labute approximate surface area is 94.1 Å². The third-order valence-corrected chi connectivity index (χ3v) is 2.57. The second-order valence-electron chi connectivity index (χ2n) is 3.77. The van der Waals surface area contributed by atoms with Crippen molar-refractivity contribution in [2.75, 3.05) is 25.0 Å². The van der Waals surface area contributed by atoms with E-state index in [-0.39, 0.29) is 0 Å². The fourth-order valence-electron chi connectivity index (χ4n) is 1.69. The maximum absolute atomic E-state index is 5.50. The molecule has 0 fully saturated rings. The molecule has 6 nitrogen and oxygen atoms in total. The van der Waals surface area contributed by atoms with E-state index in [2.05, 4.69) is 20.0 Å². The van der Waals surface area contributed by atoms with Gasteiger partial charge >= 0.3 is 0 Å². The molecule has 0 bridgehead atoms. The van der Waals surface area contributed by atoms with Gasteiger partial charge in [-0.3, -0.25) is 4.68 Å². The molecular weight excluding hydrogens is 204 g/mol. The van der Waals surface area contributed by atoms with Crippen molar-refractivity contribution in [1.82, 2.24) is 19.7 Å². The first-order valence-corrected chi connectivity index (χ1v) is 5.28. The van der Waals surface area contributed by atoms with Gasteiger partial charge in [-0.2, -0.15) is 5.10 Å². The van der Waals surface area contributed by atoms with Gasteiger partial charge in [0.25, 0.3) is 0 Å². The van der Waals surface area contributed by atoms with E-state index in [1.807, 2.05) is 14.1 Å². The molecule has 0 aromatic carbocycles. The Bertz CT molecular complexity index is 477. The minimum Gasteiger partial charge on any atom is -0.359 e. The summed E-state index contributed by atoms with van der Waals surface area (Å²) in [7, 11) is 3.88. The smallest absolute Gasteiger partial charge is 0.163 e. The summed E-state index contributed by atoms with van der Waals surface area (Å²) in [4.78, 5) is 10.6. The third-order valence-electron chi connectivity index (χ3n) is 2.57. The van der Waals surface area contributed by atoms with E-state index in [0.29, 0.717) is 6.54 Å². The van der Waals surface area contributed by atoms with Gasteiger partial charge in [0, 0.05) is 20.6 Å². The molecule has 2 N–H and O–H groups in total. The van der Waals surface area contributed by atoms with Gasteiger partial charge in [-0.1, -0.05) is 0 Å². The molecule has 6 heteroatoms. The third kappa shape index (κ3) is 1.83. The van der Waals surface area contributed by atoms with Gasteiger partial charge in [-0.05, 0) is 13.0 Å². The molecule has 2 heterocycles. The molecule has 2 aromatic heterocycles. The highest BCUT2D eigenvalue weighted by atomic mass is 15.3. The number of nitrogens with two attached hydrogens (primary N) is 1. The van der Waals surface area contributed by atoms with Crippen molar-refractivity contribution in [2.24, 2.45) is 12.8 Å². The van der Waals surface area contributed by atoms with Crippen LogP contribution >= 0.6 is 0 Å². The monoisotopic (exact) mass is 220 g/mol. The second kappa shape index (κ2) is 4.44. The SMILES string of the molecule is CN(CCCN)c1ncnc2c1cnn2C. The van der Waals surface area contributed by atoms with E-state index in [0.717, 1.165) is 29.8 Å². The molecule has 0 amide bonds. The highest BCUT2D eigenvalue weighted by Gasteiger charge is 2.10. The zero-order valence-corrected chi connectivity index (χ0v) is 9.59. The number of aryl methyl sites for hydroxylation is 1. The Balaban J connectivity index is 2.36. The molecule has 0 atom stereocenters. The maximum atomic E-state index is 5.50. The molecule has 0 saturated carbocycles. The van der Waals surface area contributed by atoms with Crippen molar-refractivity contribution in [3.8, 4) is 0 Å². The summed E-state index contributed by atoms with van der Waals surface area (Å²) in [6.07, 6.45) is 4.31. The van der Waals surface area contributed by atoms with E-state index in [9.17, 15) is 0 Å². The lowest BCUT2D eigenvalue weighted by molar-refractivity contribution is 0.780. The van der Waals surface area contributed by atoms with Crippen LogP contribution in [0.4, 0.5) is 5.82 Å². The number of hydrogen-bond acceptors (Lipinski definition) is 5. The van der Waals surface area contributed by atoms with E-state index in [1.54, 1.807) is 17.2 Å². The van der Waals surface area contributed by atoms with Crippen LogP contribution < -0.4 is 10.6 Å². The van der Waals surface area contributed by atoms with Crippen LogP contribution in [0, 0.1) is 0 Å². The van der Waals surface area contributed by atoms with Gasteiger partial charge in [-0.15, -0.1) is 0 Å². The van der Waals surface area contributed by atoms with Crippen LogP contribution in [0.3, 0.4) is 0 Å². The molecule has 2 aromatic rings. The average molecular weight is 220 g/mol. The summed E-state index contributed by atoms with van der Waals surface area (Å²) < 4.78 is 1.75. The normalized spacial score (nSPS) is 10.9. The minimum atomic E-state index is 0.686. The first-order chi connectivity index (χ1) is 7.74. The zero-order valence-electron chi connectivity index (χ0n) is 9.59. The number of fused-ring (bicyclic) bond motifs is 1. The molecule has 2 rings (SSSR count). The predicted octanol–water partition coefficient (Wildman–Crippen LogP) is 0.148. The Kier molecular flexibility index (Phi) is 3.00. The summed E-state index contributed by atoms with van der Waals surface area (Å²) in [5.41, 5.74) is 6.35. The van der Waals surface area contributed by atoms with Crippen molar-refractivity contribution in [1.29, 1.82) is 0 Å². The van der Waals surface area contributed by atoms with Crippen LogP contribution in [0.25, 0.3) is 11.0 Å². The van der Waals surface area contributed by atoms with Crippen molar-refractivity contribution < 1.29 is 0 Å². The van der Waals surface area contributed by atoms with Gasteiger partial charge in [-0.25, -0.2) is 9.97 Å². The van der Waals surface area contributed by atoms with Crippen molar-refractivity contribution in [3.63, 3.8) is 0 Å². The lowest BCUT2D eigenvalue weighted by Gasteiger charge is -2.17. The van der Waals surface area contributed by atoms with Gasteiger partial charge in [0.2, 0.25) is 0 Å². The zero-order chi connectivity index (χ0) is 11.5. The highest BCUT2D eigenvalue weighted by molar-refractivity contribution is 5.86. The molecule has 16 heavy (non-hydrogen) atoms. The Morgan fingerprint density at radius 1 is 1.44 bits per heavy atom. The largest absolute Gasteiger partial charge is 0.359 e. The summed E-state index contributed by atoms with van der Waals surface area (Å²) in [6.45, 7) is 1.57. The lowest BCUT2D eigenvalue weighted by Crippen LogP contribution is -2.22. The standard InChI is InChI=1S/C10H16N6/c1-15(5-3-4-11)9-8-6-14-16(2)10(8)13-7-12-9/h6-7H,3-5,11H2,1-2H3. The quantitative estimate of drug-likeness (QED) is 0.794. The molecule has 0 aliphatic carbocycles. The molecule has 0 aliphatic rings. The topological polar surface area (TPSA) is 72.9 Å². The van der Waals surface area contributed by atoms with Gasteiger partial charge in [0.05, 0.1) is 11.6 Å². The van der Waals surface area contributed by atoms with E-state index in [1.165, 1.54) is 0 Å². The summed E-state index contributed by atoms with van der Waals surface area (Å²) in [5.74, 6) is 0.909. The number of nitrogens with zero attached hydrogens (tertiary/aromatic N) is 5. The molecule has 0 radical (unpaired) electrons. The second-order valence-corrected chi connectivity index (χ2v) is 3.77. The Morgan fingerprint density at radius 3 is 3.00 bits per heavy atom. The highest BCUT2D eigenvalue weighted by Crippen LogP contribution is 2.20. The average Bonchev–Trinajstić information content (AvgIpc) is 2.68. The Hall–Kier alpha value is -1.69. The number of hydrogen-bond donors (Lipinski definition) is 1. The van der Waals surface area contributed by atoms with Crippen LogP contribution in [0.2, 0.25) is 0 Å². The van der Waals surface area contributed by atoms with Crippen LogP contribution in [0.1, 0.15) is 6.42 Å². The van der Waals surface area contributed by atoms with E-state index in [4.69, 9.17) is 5.73 Å². The van der Waals surface area contributed by atoms with Crippen LogP contribution in [-0.4, -0.2) is 39.9 Å². The summed E-state index contributed by atoms with van der Waals surface area (Å²) >= 11 is 0. The predicted molar refractivity (Wildman–Crippen MR) is 63.2 cm³/mol. The number of aromatic nitrogens is 4. The molecule has 0 spiro atoms. The van der Waals surface area contributed by atoms with Crippen LogP contribution in [-0.2, 0) is 7.05 Å². The van der Waals surface area contributed by atoms with Crippen molar-refractivity contribution >= 4 is 16.9 Å². The number of rotatable bonds is 4. The van der Waals surface area contributed by atoms with Gasteiger partial charge in [0.15, 0.2) is 5.65 Å². The Morgan fingerprint density at radius 2 is 2.25 bits per heavy atom. The molecule has 0 unspecified atom stereocenters. The van der Waals surface area contributed by atoms with Crippen molar-refractivity contribution in [2.45, 2.75) is 6.42 Å². The fraction of sp³-hybridized carbons (Fsp3) is 0.500. The van der Waals surface area contributed by atoms with Gasteiger partial charge in [0.1, 0.15) is 12.1 Å². The van der Waals surface area contributed by atoms with Gasteiger partial charge < -0.3 is 10.6 Å². The molecular formula is C10H16N6.